The molecule has 2 atom stereocenters. The lowest BCUT2D eigenvalue weighted by Gasteiger charge is -2.23. The van der Waals surface area contributed by atoms with Crippen LogP contribution in [0, 0.1) is 11.8 Å². The first-order valence-corrected chi connectivity index (χ1v) is 7.44. The van der Waals surface area contributed by atoms with Crippen LogP contribution in [0.3, 0.4) is 0 Å². The van der Waals surface area contributed by atoms with Gasteiger partial charge in [0.1, 0.15) is 0 Å². The Morgan fingerprint density at radius 3 is 2.47 bits per heavy atom. The molecule has 2 aliphatic rings. The number of amides is 2. The molecule has 5 heteroatoms. The molecule has 108 valence electrons. The van der Waals surface area contributed by atoms with Crippen LogP contribution in [-0.4, -0.2) is 29.7 Å². The molecule has 19 heavy (non-hydrogen) atoms. The van der Waals surface area contributed by atoms with E-state index in [1.807, 2.05) is 0 Å². The normalized spacial score (nSPS) is 27.4. The summed E-state index contributed by atoms with van der Waals surface area (Å²) in [7, 11) is 0. The molecule has 0 spiro atoms. The number of carboxylic acids is 1. The molecule has 0 bridgehead atoms. The van der Waals surface area contributed by atoms with Gasteiger partial charge in [-0.25, -0.2) is 4.79 Å². The molecule has 2 unspecified atom stereocenters. The summed E-state index contributed by atoms with van der Waals surface area (Å²) in [6.45, 7) is 0.695. The summed E-state index contributed by atoms with van der Waals surface area (Å²) in [6, 6.07) is -0.431. The van der Waals surface area contributed by atoms with Crippen LogP contribution in [0.5, 0.6) is 0 Å². The maximum Gasteiger partial charge on any atom is 0.315 e. The SMILES string of the molecule is O=C(NCCC1CC1)NC1CCCCCC1C(=O)O. The standard InChI is InChI=1S/C14H24N2O3/c17-13(18)11-4-2-1-3-5-12(11)16-14(19)15-9-8-10-6-7-10/h10-12H,1-9H2,(H,17,18)(H2,15,16,19). The van der Waals surface area contributed by atoms with Crippen molar-refractivity contribution in [1.82, 2.24) is 10.6 Å². The van der Waals surface area contributed by atoms with Crippen molar-refractivity contribution in [3.05, 3.63) is 0 Å². The van der Waals surface area contributed by atoms with Crippen molar-refractivity contribution in [1.29, 1.82) is 0 Å². The van der Waals surface area contributed by atoms with E-state index in [4.69, 9.17) is 0 Å². The van der Waals surface area contributed by atoms with Crippen molar-refractivity contribution in [2.75, 3.05) is 6.54 Å². The van der Waals surface area contributed by atoms with Crippen molar-refractivity contribution in [2.24, 2.45) is 11.8 Å². The lowest BCUT2D eigenvalue weighted by molar-refractivity contribution is -0.142. The predicted molar refractivity (Wildman–Crippen MR) is 71.9 cm³/mol. The zero-order valence-corrected chi connectivity index (χ0v) is 11.4. The zero-order valence-electron chi connectivity index (χ0n) is 11.4. The molecule has 0 radical (unpaired) electrons. The number of carboxylic acid groups (broad SMARTS) is 1. The molecule has 0 saturated heterocycles. The lowest BCUT2D eigenvalue weighted by atomic mass is 9.95. The van der Waals surface area contributed by atoms with Crippen LogP contribution in [0.2, 0.25) is 0 Å². The maximum atomic E-state index is 11.8. The Balaban J connectivity index is 1.76. The molecule has 2 fully saturated rings. The molecule has 2 saturated carbocycles. The summed E-state index contributed by atoms with van der Waals surface area (Å²) in [5.74, 6) is -0.424. The van der Waals surface area contributed by atoms with Crippen molar-refractivity contribution < 1.29 is 14.7 Å². The van der Waals surface area contributed by atoms with E-state index in [0.29, 0.717) is 13.0 Å². The van der Waals surface area contributed by atoms with E-state index in [-0.39, 0.29) is 12.1 Å². The molecule has 3 N–H and O–H groups in total. The van der Waals surface area contributed by atoms with Gasteiger partial charge >= 0.3 is 12.0 Å². The number of aliphatic carboxylic acids is 1. The minimum Gasteiger partial charge on any atom is -0.481 e. The van der Waals surface area contributed by atoms with E-state index >= 15 is 0 Å². The second kappa shape index (κ2) is 6.78. The van der Waals surface area contributed by atoms with E-state index in [2.05, 4.69) is 10.6 Å². The fraction of sp³-hybridized carbons (Fsp3) is 0.857. The molecule has 2 aliphatic carbocycles. The molecule has 0 aromatic heterocycles. The molecular formula is C14H24N2O3. The second-order valence-corrected chi connectivity index (χ2v) is 5.82. The van der Waals surface area contributed by atoms with Gasteiger partial charge in [-0.3, -0.25) is 4.79 Å². The number of carbonyl (C=O) groups excluding carboxylic acids is 1. The van der Waals surface area contributed by atoms with Crippen LogP contribution < -0.4 is 10.6 Å². The monoisotopic (exact) mass is 268 g/mol. The Kier molecular flexibility index (Phi) is 5.05. The predicted octanol–water partition coefficient (Wildman–Crippen LogP) is 2.12. The third-order valence-electron chi connectivity index (χ3n) is 4.18. The highest BCUT2D eigenvalue weighted by Gasteiger charge is 2.30. The van der Waals surface area contributed by atoms with Crippen molar-refractivity contribution >= 4 is 12.0 Å². The van der Waals surface area contributed by atoms with Crippen molar-refractivity contribution in [3.8, 4) is 0 Å². The summed E-state index contributed by atoms with van der Waals surface area (Å²) in [5.41, 5.74) is 0. The quantitative estimate of drug-likeness (QED) is 0.668. The minimum absolute atomic E-state index is 0.209. The van der Waals surface area contributed by atoms with E-state index in [9.17, 15) is 14.7 Å². The first-order chi connectivity index (χ1) is 9.16. The third kappa shape index (κ3) is 4.73. The Labute approximate surface area is 114 Å². The van der Waals surface area contributed by atoms with Crippen LogP contribution in [0.15, 0.2) is 0 Å². The number of carbonyl (C=O) groups is 2. The fourth-order valence-electron chi connectivity index (χ4n) is 2.79. The summed E-state index contributed by atoms with van der Waals surface area (Å²) in [6.07, 6.45) is 8.05. The highest BCUT2D eigenvalue weighted by atomic mass is 16.4. The van der Waals surface area contributed by atoms with E-state index in [0.717, 1.165) is 38.0 Å². The van der Waals surface area contributed by atoms with Crippen LogP contribution in [0.4, 0.5) is 4.79 Å². The summed E-state index contributed by atoms with van der Waals surface area (Å²) in [4.78, 5) is 23.0. The number of nitrogens with one attached hydrogen (secondary N) is 2. The highest BCUT2D eigenvalue weighted by molar-refractivity contribution is 5.76. The van der Waals surface area contributed by atoms with Gasteiger partial charge in [-0.15, -0.1) is 0 Å². The first kappa shape index (κ1) is 14.2. The number of hydrogen-bond donors (Lipinski definition) is 3. The summed E-state index contributed by atoms with van der Waals surface area (Å²) >= 11 is 0. The third-order valence-corrected chi connectivity index (χ3v) is 4.18. The highest BCUT2D eigenvalue weighted by Crippen LogP contribution is 2.31. The van der Waals surface area contributed by atoms with Crippen molar-refractivity contribution in [3.63, 3.8) is 0 Å². The van der Waals surface area contributed by atoms with E-state index in [1.54, 1.807) is 0 Å². The molecule has 0 aromatic rings. The van der Waals surface area contributed by atoms with Gasteiger partial charge in [0.2, 0.25) is 0 Å². The number of rotatable bonds is 5. The Hall–Kier alpha value is -1.26. The second-order valence-electron chi connectivity index (χ2n) is 5.82. The molecule has 0 heterocycles. The fourth-order valence-corrected chi connectivity index (χ4v) is 2.79. The molecular weight excluding hydrogens is 244 g/mol. The molecule has 0 aromatic carbocycles. The van der Waals surface area contributed by atoms with Gasteiger partial charge in [0.25, 0.3) is 0 Å². The molecule has 5 nitrogen and oxygen atoms in total. The van der Waals surface area contributed by atoms with Gasteiger partial charge in [-0.05, 0) is 25.2 Å². The van der Waals surface area contributed by atoms with Crippen LogP contribution in [-0.2, 0) is 4.79 Å². The van der Waals surface area contributed by atoms with Gasteiger partial charge in [-0.1, -0.05) is 32.1 Å². The van der Waals surface area contributed by atoms with Crippen LogP contribution >= 0.6 is 0 Å². The molecule has 2 amide bonds. The maximum absolute atomic E-state index is 11.8. The largest absolute Gasteiger partial charge is 0.481 e. The van der Waals surface area contributed by atoms with Gasteiger partial charge in [0.05, 0.1) is 5.92 Å². The van der Waals surface area contributed by atoms with Crippen molar-refractivity contribution in [2.45, 2.75) is 57.4 Å². The average Bonchev–Trinajstić information content (AvgIpc) is 3.16. The summed E-state index contributed by atoms with van der Waals surface area (Å²) < 4.78 is 0. The van der Waals surface area contributed by atoms with E-state index in [1.165, 1.54) is 12.8 Å². The molecule has 2 rings (SSSR count). The smallest absolute Gasteiger partial charge is 0.315 e. The van der Waals surface area contributed by atoms with Crippen LogP contribution in [0.1, 0.15) is 51.4 Å². The first-order valence-electron chi connectivity index (χ1n) is 7.44. The van der Waals surface area contributed by atoms with Gasteiger partial charge < -0.3 is 15.7 Å². The zero-order chi connectivity index (χ0) is 13.7. The topological polar surface area (TPSA) is 78.4 Å². The van der Waals surface area contributed by atoms with Gasteiger partial charge in [0.15, 0.2) is 0 Å². The van der Waals surface area contributed by atoms with E-state index < -0.39 is 11.9 Å². The lowest BCUT2D eigenvalue weighted by Crippen LogP contribution is -2.47. The Morgan fingerprint density at radius 2 is 1.79 bits per heavy atom. The molecule has 0 aliphatic heterocycles. The van der Waals surface area contributed by atoms with Crippen LogP contribution in [0.25, 0.3) is 0 Å². The number of urea groups is 1. The number of hydrogen-bond acceptors (Lipinski definition) is 2. The van der Waals surface area contributed by atoms with Gasteiger partial charge in [0, 0.05) is 12.6 Å². The average molecular weight is 268 g/mol. The van der Waals surface area contributed by atoms with Gasteiger partial charge in [-0.2, -0.15) is 0 Å². The summed E-state index contributed by atoms with van der Waals surface area (Å²) in [5, 5.41) is 14.9. The Morgan fingerprint density at radius 1 is 1.05 bits per heavy atom. The minimum atomic E-state index is -0.787. The Bertz CT molecular complexity index is 329.